The standard InChI is InChI=1S/C16H22INO/c1-4-12-8-9-14(11(12)3)18-16(19)13-7-5-6-10(2)15(13)17/h5-7,11-12,14H,4,8-9H2,1-3H3,(H,18,19). The van der Waals surface area contributed by atoms with Crippen molar-refractivity contribution in [2.75, 3.05) is 0 Å². The highest BCUT2D eigenvalue weighted by Gasteiger charge is 2.32. The van der Waals surface area contributed by atoms with Gasteiger partial charge in [0.2, 0.25) is 0 Å². The lowest BCUT2D eigenvalue weighted by Gasteiger charge is -2.21. The average Bonchev–Trinajstić information content (AvgIpc) is 2.73. The van der Waals surface area contributed by atoms with E-state index in [9.17, 15) is 4.79 Å². The van der Waals surface area contributed by atoms with Gasteiger partial charge in [0.1, 0.15) is 0 Å². The highest BCUT2D eigenvalue weighted by molar-refractivity contribution is 14.1. The van der Waals surface area contributed by atoms with Crippen LogP contribution in [0.15, 0.2) is 18.2 Å². The number of hydrogen-bond acceptors (Lipinski definition) is 1. The summed E-state index contributed by atoms with van der Waals surface area (Å²) >= 11 is 2.26. The molecule has 19 heavy (non-hydrogen) atoms. The Morgan fingerprint density at radius 2 is 2.16 bits per heavy atom. The van der Waals surface area contributed by atoms with Crippen molar-refractivity contribution in [2.45, 2.75) is 46.1 Å². The van der Waals surface area contributed by atoms with Crippen molar-refractivity contribution in [1.29, 1.82) is 0 Å². The van der Waals surface area contributed by atoms with Gasteiger partial charge >= 0.3 is 0 Å². The maximum Gasteiger partial charge on any atom is 0.252 e. The molecule has 0 heterocycles. The topological polar surface area (TPSA) is 29.1 Å². The first kappa shape index (κ1) is 14.8. The van der Waals surface area contributed by atoms with Crippen LogP contribution in [0.1, 0.15) is 49.0 Å². The number of carbonyl (C=O) groups is 1. The van der Waals surface area contributed by atoms with Crippen molar-refractivity contribution < 1.29 is 4.79 Å². The smallest absolute Gasteiger partial charge is 0.252 e. The Bertz CT molecular complexity index is 472. The number of amides is 1. The summed E-state index contributed by atoms with van der Waals surface area (Å²) in [4.78, 5) is 12.4. The Labute approximate surface area is 129 Å². The fourth-order valence-corrected chi connectivity index (χ4v) is 3.70. The molecule has 1 fully saturated rings. The van der Waals surface area contributed by atoms with Gasteiger partial charge in [-0.3, -0.25) is 4.79 Å². The highest BCUT2D eigenvalue weighted by Crippen LogP contribution is 2.34. The summed E-state index contributed by atoms with van der Waals surface area (Å²) in [7, 11) is 0. The molecular formula is C16H22INO. The van der Waals surface area contributed by atoms with Crippen molar-refractivity contribution in [3.05, 3.63) is 32.9 Å². The van der Waals surface area contributed by atoms with Crippen LogP contribution in [0.5, 0.6) is 0 Å². The van der Waals surface area contributed by atoms with E-state index in [-0.39, 0.29) is 5.91 Å². The number of aryl methyl sites for hydroxylation is 1. The van der Waals surface area contributed by atoms with Gasteiger partial charge < -0.3 is 5.32 Å². The third kappa shape index (κ3) is 3.12. The van der Waals surface area contributed by atoms with Gasteiger partial charge in [0, 0.05) is 9.61 Å². The third-order valence-electron chi connectivity index (χ3n) is 4.50. The van der Waals surface area contributed by atoms with E-state index in [4.69, 9.17) is 0 Å². The molecular weight excluding hydrogens is 349 g/mol. The molecule has 1 aliphatic rings. The first-order valence-electron chi connectivity index (χ1n) is 7.10. The monoisotopic (exact) mass is 371 g/mol. The van der Waals surface area contributed by atoms with Gasteiger partial charge in [0.15, 0.2) is 0 Å². The van der Waals surface area contributed by atoms with Crippen LogP contribution in [0.25, 0.3) is 0 Å². The lowest BCUT2D eigenvalue weighted by molar-refractivity contribution is 0.0925. The van der Waals surface area contributed by atoms with E-state index in [1.807, 2.05) is 25.1 Å². The second-order valence-corrected chi connectivity index (χ2v) is 6.70. The van der Waals surface area contributed by atoms with E-state index >= 15 is 0 Å². The number of carbonyl (C=O) groups excluding carboxylic acids is 1. The molecule has 104 valence electrons. The minimum Gasteiger partial charge on any atom is -0.349 e. The molecule has 0 saturated heterocycles. The van der Waals surface area contributed by atoms with E-state index in [0.717, 1.165) is 21.5 Å². The lowest BCUT2D eigenvalue weighted by Crippen LogP contribution is -2.37. The van der Waals surface area contributed by atoms with Crippen LogP contribution in [0.4, 0.5) is 0 Å². The van der Waals surface area contributed by atoms with E-state index in [0.29, 0.717) is 12.0 Å². The number of nitrogens with one attached hydrogen (secondary N) is 1. The summed E-state index contributed by atoms with van der Waals surface area (Å²) in [5, 5.41) is 3.23. The molecule has 0 bridgehead atoms. The second-order valence-electron chi connectivity index (χ2n) is 5.62. The van der Waals surface area contributed by atoms with E-state index < -0.39 is 0 Å². The summed E-state index contributed by atoms with van der Waals surface area (Å²) in [5.41, 5.74) is 1.98. The zero-order chi connectivity index (χ0) is 14.0. The maximum absolute atomic E-state index is 12.4. The lowest BCUT2D eigenvalue weighted by atomic mass is 9.93. The molecule has 1 aliphatic carbocycles. The predicted octanol–water partition coefficient (Wildman–Crippen LogP) is 4.15. The molecule has 1 amide bonds. The molecule has 1 N–H and O–H groups in total. The van der Waals surface area contributed by atoms with Crippen molar-refractivity contribution >= 4 is 28.5 Å². The highest BCUT2D eigenvalue weighted by atomic mass is 127. The van der Waals surface area contributed by atoms with Crippen molar-refractivity contribution in [3.8, 4) is 0 Å². The molecule has 1 aromatic rings. The SMILES string of the molecule is CCC1CCC(NC(=O)c2cccc(C)c2I)C1C. The summed E-state index contributed by atoms with van der Waals surface area (Å²) in [6.07, 6.45) is 3.58. The summed E-state index contributed by atoms with van der Waals surface area (Å²) in [6.45, 7) is 6.56. The average molecular weight is 371 g/mol. The van der Waals surface area contributed by atoms with Crippen LogP contribution < -0.4 is 5.32 Å². The Morgan fingerprint density at radius 1 is 1.42 bits per heavy atom. The molecule has 1 aromatic carbocycles. The number of benzene rings is 1. The third-order valence-corrected chi connectivity index (χ3v) is 5.94. The number of halogens is 1. The molecule has 2 nitrogen and oxygen atoms in total. The summed E-state index contributed by atoms with van der Waals surface area (Å²) in [6, 6.07) is 6.26. The van der Waals surface area contributed by atoms with Crippen molar-refractivity contribution in [1.82, 2.24) is 5.32 Å². The number of rotatable bonds is 3. The van der Waals surface area contributed by atoms with Gasteiger partial charge in [-0.05, 0) is 65.8 Å². The van der Waals surface area contributed by atoms with Gasteiger partial charge in [-0.1, -0.05) is 32.4 Å². The fraction of sp³-hybridized carbons (Fsp3) is 0.562. The fourth-order valence-electron chi connectivity index (χ4n) is 3.10. The quantitative estimate of drug-likeness (QED) is 0.795. The minimum atomic E-state index is 0.0849. The van der Waals surface area contributed by atoms with Crippen LogP contribution in [0.2, 0.25) is 0 Å². The molecule has 1 saturated carbocycles. The van der Waals surface area contributed by atoms with Crippen LogP contribution in [0.3, 0.4) is 0 Å². The zero-order valence-electron chi connectivity index (χ0n) is 11.9. The van der Waals surface area contributed by atoms with Crippen LogP contribution >= 0.6 is 22.6 Å². The molecule has 0 aromatic heterocycles. The van der Waals surface area contributed by atoms with Crippen molar-refractivity contribution in [3.63, 3.8) is 0 Å². The van der Waals surface area contributed by atoms with Gasteiger partial charge in [-0.2, -0.15) is 0 Å². The molecule has 0 radical (unpaired) electrons. The van der Waals surface area contributed by atoms with Gasteiger partial charge in [-0.15, -0.1) is 0 Å². The molecule has 0 spiro atoms. The summed E-state index contributed by atoms with van der Waals surface area (Å²) < 4.78 is 1.07. The molecule has 2 rings (SSSR count). The second kappa shape index (κ2) is 6.25. The first-order chi connectivity index (χ1) is 9.04. The molecule has 0 aliphatic heterocycles. The zero-order valence-corrected chi connectivity index (χ0v) is 14.0. The minimum absolute atomic E-state index is 0.0849. The Hall–Kier alpha value is -0.580. The summed E-state index contributed by atoms with van der Waals surface area (Å²) in [5.74, 6) is 1.44. The Kier molecular flexibility index (Phi) is 4.87. The number of hydrogen-bond donors (Lipinski definition) is 1. The first-order valence-corrected chi connectivity index (χ1v) is 8.18. The maximum atomic E-state index is 12.4. The van der Waals surface area contributed by atoms with Crippen LogP contribution in [-0.4, -0.2) is 11.9 Å². The Morgan fingerprint density at radius 3 is 2.79 bits per heavy atom. The van der Waals surface area contributed by atoms with Gasteiger partial charge in [-0.25, -0.2) is 0 Å². The van der Waals surface area contributed by atoms with Crippen molar-refractivity contribution in [2.24, 2.45) is 11.8 Å². The largest absolute Gasteiger partial charge is 0.349 e. The van der Waals surface area contributed by atoms with Crippen LogP contribution in [-0.2, 0) is 0 Å². The predicted molar refractivity (Wildman–Crippen MR) is 87.3 cm³/mol. The molecule has 3 atom stereocenters. The van der Waals surface area contributed by atoms with E-state index in [2.05, 4.69) is 41.8 Å². The molecule has 3 heteroatoms. The van der Waals surface area contributed by atoms with Gasteiger partial charge in [0.05, 0.1) is 5.56 Å². The van der Waals surface area contributed by atoms with E-state index in [1.54, 1.807) is 0 Å². The van der Waals surface area contributed by atoms with E-state index in [1.165, 1.54) is 18.4 Å². The van der Waals surface area contributed by atoms with Gasteiger partial charge in [0.25, 0.3) is 5.91 Å². The van der Waals surface area contributed by atoms with Crippen LogP contribution in [0, 0.1) is 22.3 Å². The normalized spacial score (nSPS) is 26.4. The Balaban J connectivity index is 2.08. The molecule has 3 unspecified atom stereocenters.